The highest BCUT2D eigenvalue weighted by Crippen LogP contribution is 2.13. The van der Waals surface area contributed by atoms with Gasteiger partial charge in [0.15, 0.2) is 0 Å². The van der Waals surface area contributed by atoms with Crippen molar-refractivity contribution in [2.24, 2.45) is 0 Å². The molecule has 0 aromatic heterocycles. The zero-order valence-electron chi connectivity index (χ0n) is 12.9. The molecule has 0 unspecified atom stereocenters. The monoisotopic (exact) mass is 308 g/mol. The fourth-order valence-electron chi connectivity index (χ4n) is 2.30. The minimum absolute atomic E-state index is 0.289. The second kappa shape index (κ2) is 10.6. The molecule has 0 saturated heterocycles. The van der Waals surface area contributed by atoms with Gasteiger partial charge in [-0.05, 0) is 30.7 Å². The molecule has 116 valence electrons. The van der Waals surface area contributed by atoms with Gasteiger partial charge in [-0.3, -0.25) is 9.59 Å². The van der Waals surface area contributed by atoms with Crippen LogP contribution in [0.4, 0.5) is 0 Å². The average molecular weight is 309 g/mol. The second-order valence-corrected chi connectivity index (χ2v) is 5.92. The van der Waals surface area contributed by atoms with Crippen molar-refractivity contribution in [2.45, 2.75) is 64.7 Å². The van der Waals surface area contributed by atoms with Gasteiger partial charge >= 0.3 is 0 Å². The summed E-state index contributed by atoms with van der Waals surface area (Å²) >= 11 is 5.76. The van der Waals surface area contributed by atoms with Crippen LogP contribution in [0.3, 0.4) is 0 Å². The number of carbonyl (C=O) groups is 2. The number of unbranched alkanes of at least 4 members (excludes halogenated alkanes) is 7. The SMILES string of the molecule is CCCCCCCCCCC(=O)C(=O)c1ccc(Cl)cc1. The highest BCUT2D eigenvalue weighted by atomic mass is 35.5. The molecule has 0 aliphatic carbocycles. The molecule has 0 amide bonds. The fraction of sp³-hybridized carbons (Fsp3) is 0.556. The Kier molecular flexibility index (Phi) is 9.00. The maximum absolute atomic E-state index is 11.9. The molecule has 0 bridgehead atoms. The minimum Gasteiger partial charge on any atom is -0.290 e. The quantitative estimate of drug-likeness (QED) is 0.302. The third-order valence-electron chi connectivity index (χ3n) is 3.62. The summed E-state index contributed by atoms with van der Waals surface area (Å²) in [7, 11) is 0. The molecular formula is C18H25ClO2. The number of hydrogen-bond donors (Lipinski definition) is 0. The van der Waals surface area contributed by atoms with Crippen LogP contribution >= 0.6 is 11.6 Å². The lowest BCUT2D eigenvalue weighted by Gasteiger charge is -2.02. The van der Waals surface area contributed by atoms with Crippen molar-refractivity contribution in [3.05, 3.63) is 34.9 Å². The Morgan fingerprint density at radius 2 is 1.38 bits per heavy atom. The van der Waals surface area contributed by atoms with Crippen molar-refractivity contribution in [3.63, 3.8) is 0 Å². The molecule has 0 saturated carbocycles. The first-order valence-electron chi connectivity index (χ1n) is 7.98. The van der Waals surface area contributed by atoms with E-state index in [1.165, 1.54) is 32.1 Å². The van der Waals surface area contributed by atoms with Crippen LogP contribution in [0.5, 0.6) is 0 Å². The Balaban J connectivity index is 2.16. The molecule has 0 atom stereocenters. The third kappa shape index (κ3) is 7.42. The molecule has 1 aromatic carbocycles. The van der Waals surface area contributed by atoms with Gasteiger partial charge in [-0.2, -0.15) is 0 Å². The first-order valence-corrected chi connectivity index (χ1v) is 8.36. The predicted molar refractivity (Wildman–Crippen MR) is 88.0 cm³/mol. The summed E-state index contributed by atoms with van der Waals surface area (Å²) < 4.78 is 0. The highest BCUT2D eigenvalue weighted by Gasteiger charge is 2.15. The Bertz CT molecular complexity index is 437. The van der Waals surface area contributed by atoms with Crippen molar-refractivity contribution in [3.8, 4) is 0 Å². The minimum atomic E-state index is -0.394. The maximum atomic E-state index is 11.9. The van der Waals surface area contributed by atoms with Gasteiger partial charge in [0.25, 0.3) is 0 Å². The van der Waals surface area contributed by atoms with Crippen molar-refractivity contribution in [1.82, 2.24) is 0 Å². The average Bonchev–Trinajstić information content (AvgIpc) is 2.49. The van der Waals surface area contributed by atoms with E-state index < -0.39 is 5.78 Å². The van der Waals surface area contributed by atoms with Gasteiger partial charge in [-0.1, -0.05) is 63.5 Å². The van der Waals surface area contributed by atoms with E-state index in [1.54, 1.807) is 24.3 Å². The lowest BCUT2D eigenvalue weighted by Crippen LogP contribution is -2.13. The van der Waals surface area contributed by atoms with Gasteiger partial charge in [0, 0.05) is 17.0 Å². The predicted octanol–water partition coefficient (Wildman–Crippen LogP) is 5.62. The van der Waals surface area contributed by atoms with Crippen LogP contribution in [0.2, 0.25) is 5.02 Å². The van der Waals surface area contributed by atoms with E-state index >= 15 is 0 Å². The lowest BCUT2D eigenvalue weighted by molar-refractivity contribution is -0.115. The van der Waals surface area contributed by atoms with Crippen LogP contribution in [0.25, 0.3) is 0 Å². The molecule has 0 N–H and O–H groups in total. The summed E-state index contributed by atoms with van der Waals surface area (Å²) in [5.41, 5.74) is 0.434. The normalized spacial score (nSPS) is 10.6. The fourth-order valence-corrected chi connectivity index (χ4v) is 2.42. The molecule has 0 aliphatic heterocycles. The molecule has 0 heterocycles. The molecule has 0 radical (unpaired) electrons. The molecule has 1 rings (SSSR count). The van der Waals surface area contributed by atoms with E-state index in [0.29, 0.717) is 17.0 Å². The van der Waals surface area contributed by atoms with E-state index in [9.17, 15) is 9.59 Å². The molecule has 3 heteroatoms. The van der Waals surface area contributed by atoms with Crippen LogP contribution in [-0.2, 0) is 4.79 Å². The van der Waals surface area contributed by atoms with E-state index in [0.717, 1.165) is 19.3 Å². The van der Waals surface area contributed by atoms with Crippen LogP contribution in [0.1, 0.15) is 75.1 Å². The first kappa shape index (κ1) is 17.9. The number of Topliss-reactive ketones (excluding diaryl/α,β-unsaturated/α-hetero) is 2. The van der Waals surface area contributed by atoms with Crippen LogP contribution < -0.4 is 0 Å². The van der Waals surface area contributed by atoms with Gasteiger partial charge < -0.3 is 0 Å². The van der Waals surface area contributed by atoms with Crippen LogP contribution in [-0.4, -0.2) is 11.6 Å². The number of ketones is 2. The van der Waals surface area contributed by atoms with E-state index in [2.05, 4.69) is 6.92 Å². The summed E-state index contributed by atoms with van der Waals surface area (Å²) in [6, 6.07) is 6.49. The summed E-state index contributed by atoms with van der Waals surface area (Å²) in [6.07, 6.45) is 9.77. The van der Waals surface area contributed by atoms with E-state index in [1.807, 2.05) is 0 Å². The number of carbonyl (C=O) groups excluding carboxylic acids is 2. The van der Waals surface area contributed by atoms with Gasteiger partial charge in [0.1, 0.15) is 0 Å². The second-order valence-electron chi connectivity index (χ2n) is 5.48. The number of hydrogen-bond acceptors (Lipinski definition) is 2. The Morgan fingerprint density at radius 3 is 1.95 bits per heavy atom. The molecule has 0 spiro atoms. The zero-order valence-corrected chi connectivity index (χ0v) is 13.6. The molecule has 2 nitrogen and oxygen atoms in total. The molecule has 1 aromatic rings. The van der Waals surface area contributed by atoms with Crippen molar-refractivity contribution < 1.29 is 9.59 Å². The standard InChI is InChI=1S/C18H25ClO2/c1-2-3-4-5-6-7-8-9-10-17(20)18(21)15-11-13-16(19)14-12-15/h11-14H,2-10H2,1H3. The number of rotatable bonds is 11. The number of benzene rings is 1. The van der Waals surface area contributed by atoms with Gasteiger partial charge in [0.2, 0.25) is 11.6 Å². The first-order chi connectivity index (χ1) is 10.1. The highest BCUT2D eigenvalue weighted by molar-refractivity contribution is 6.43. The lowest BCUT2D eigenvalue weighted by atomic mass is 10.0. The van der Waals surface area contributed by atoms with Crippen molar-refractivity contribution in [1.29, 1.82) is 0 Å². The van der Waals surface area contributed by atoms with Crippen LogP contribution in [0.15, 0.2) is 24.3 Å². The molecule has 0 fully saturated rings. The molecular weight excluding hydrogens is 284 g/mol. The maximum Gasteiger partial charge on any atom is 0.228 e. The van der Waals surface area contributed by atoms with Crippen molar-refractivity contribution >= 4 is 23.2 Å². The van der Waals surface area contributed by atoms with Crippen LogP contribution in [0, 0.1) is 0 Å². The smallest absolute Gasteiger partial charge is 0.228 e. The Labute approximate surface area is 132 Å². The van der Waals surface area contributed by atoms with Gasteiger partial charge in [-0.25, -0.2) is 0 Å². The summed E-state index contributed by atoms with van der Waals surface area (Å²) in [5.74, 6) is -0.682. The van der Waals surface area contributed by atoms with Gasteiger partial charge in [-0.15, -0.1) is 0 Å². The van der Waals surface area contributed by atoms with E-state index in [-0.39, 0.29) is 5.78 Å². The summed E-state index contributed by atoms with van der Waals surface area (Å²) in [6.45, 7) is 2.21. The van der Waals surface area contributed by atoms with Crippen molar-refractivity contribution in [2.75, 3.05) is 0 Å². The topological polar surface area (TPSA) is 34.1 Å². The summed E-state index contributed by atoms with van der Waals surface area (Å²) in [4.78, 5) is 23.7. The van der Waals surface area contributed by atoms with Gasteiger partial charge in [0.05, 0.1) is 0 Å². The number of halogens is 1. The Hall–Kier alpha value is -1.15. The summed E-state index contributed by atoms with van der Waals surface area (Å²) in [5, 5.41) is 0.571. The van der Waals surface area contributed by atoms with E-state index in [4.69, 9.17) is 11.6 Å². The Morgan fingerprint density at radius 1 is 0.857 bits per heavy atom. The third-order valence-corrected chi connectivity index (χ3v) is 3.87. The molecule has 0 aliphatic rings. The molecule has 21 heavy (non-hydrogen) atoms. The largest absolute Gasteiger partial charge is 0.290 e. The zero-order chi connectivity index (χ0) is 15.5.